The van der Waals surface area contributed by atoms with Gasteiger partial charge in [-0.1, -0.05) is 32.6 Å². The van der Waals surface area contributed by atoms with Gasteiger partial charge in [-0.3, -0.25) is 4.90 Å². The molecule has 0 aromatic rings. The molecule has 0 aromatic carbocycles. The molecule has 1 aliphatic carbocycles. The van der Waals surface area contributed by atoms with E-state index in [2.05, 4.69) is 30.8 Å². The number of hydrogen-bond acceptors (Lipinski definition) is 3. The van der Waals surface area contributed by atoms with Crippen LogP contribution in [0, 0.1) is 5.92 Å². The van der Waals surface area contributed by atoms with Gasteiger partial charge in [0, 0.05) is 19.6 Å². The second-order valence-electron chi connectivity index (χ2n) is 6.14. The maximum Gasteiger partial charge on any atom is 0.0669 e. The second-order valence-corrected chi connectivity index (χ2v) is 6.14. The van der Waals surface area contributed by atoms with Gasteiger partial charge in [0.05, 0.1) is 6.10 Å². The first kappa shape index (κ1) is 15.9. The molecule has 18 heavy (non-hydrogen) atoms. The lowest BCUT2D eigenvalue weighted by Crippen LogP contribution is -2.38. The van der Waals surface area contributed by atoms with Gasteiger partial charge in [0.1, 0.15) is 0 Å². The number of aliphatic hydroxyl groups is 1. The fourth-order valence-electron chi connectivity index (χ4n) is 2.96. The molecule has 1 N–H and O–H groups in total. The Morgan fingerprint density at radius 1 is 1.11 bits per heavy atom. The average Bonchev–Trinajstić information content (AvgIpc) is 2.78. The number of nitrogens with zero attached hydrogens (tertiary/aromatic N) is 2. The molecule has 1 unspecified atom stereocenters. The topological polar surface area (TPSA) is 26.7 Å². The van der Waals surface area contributed by atoms with Gasteiger partial charge < -0.3 is 10.0 Å². The van der Waals surface area contributed by atoms with Crippen LogP contribution in [0.2, 0.25) is 0 Å². The summed E-state index contributed by atoms with van der Waals surface area (Å²) >= 11 is 0. The van der Waals surface area contributed by atoms with E-state index in [0.29, 0.717) is 0 Å². The van der Waals surface area contributed by atoms with Crippen molar-refractivity contribution in [2.45, 2.75) is 51.6 Å². The summed E-state index contributed by atoms with van der Waals surface area (Å²) in [6.45, 7) is 6.33. The number of aliphatic hydroxyl groups excluding tert-OH is 1. The first-order valence-electron chi connectivity index (χ1n) is 7.67. The van der Waals surface area contributed by atoms with E-state index in [-0.39, 0.29) is 6.10 Å². The molecule has 1 atom stereocenters. The Hall–Kier alpha value is -0.120. The highest BCUT2D eigenvalue weighted by molar-refractivity contribution is 4.73. The largest absolute Gasteiger partial charge is 0.392 e. The minimum atomic E-state index is -0.123. The molecule has 1 aliphatic rings. The molecule has 0 saturated heterocycles. The Morgan fingerprint density at radius 2 is 1.78 bits per heavy atom. The van der Waals surface area contributed by atoms with Crippen molar-refractivity contribution in [3.8, 4) is 0 Å². The maximum absolute atomic E-state index is 10.2. The fourth-order valence-corrected chi connectivity index (χ4v) is 2.96. The van der Waals surface area contributed by atoms with Crippen molar-refractivity contribution < 1.29 is 5.11 Å². The number of rotatable bonds is 9. The van der Waals surface area contributed by atoms with Crippen LogP contribution in [0.3, 0.4) is 0 Å². The predicted octanol–water partition coefficient (Wildman–Crippen LogP) is 2.20. The molecular weight excluding hydrogens is 224 g/mol. The Bertz CT molecular complexity index is 203. The lowest BCUT2D eigenvalue weighted by atomic mass is 10.00. The molecule has 0 radical (unpaired) electrons. The summed E-state index contributed by atoms with van der Waals surface area (Å²) in [6, 6.07) is 0. The zero-order chi connectivity index (χ0) is 13.4. The summed E-state index contributed by atoms with van der Waals surface area (Å²) in [5, 5.41) is 10.2. The molecule has 0 aliphatic heterocycles. The summed E-state index contributed by atoms with van der Waals surface area (Å²) in [5.74, 6) is 0.789. The maximum atomic E-state index is 10.2. The Morgan fingerprint density at radius 3 is 2.33 bits per heavy atom. The SMILES string of the molecule is CCCN(CCN(C)C)CC(O)CC1CCCC1. The van der Waals surface area contributed by atoms with E-state index in [9.17, 15) is 5.11 Å². The van der Waals surface area contributed by atoms with Gasteiger partial charge in [-0.25, -0.2) is 0 Å². The van der Waals surface area contributed by atoms with Crippen molar-refractivity contribution in [2.75, 3.05) is 40.3 Å². The van der Waals surface area contributed by atoms with Crippen LogP contribution in [0.5, 0.6) is 0 Å². The normalized spacial score (nSPS) is 19.0. The second kappa shape index (κ2) is 8.89. The molecule has 108 valence electrons. The predicted molar refractivity (Wildman–Crippen MR) is 77.9 cm³/mol. The van der Waals surface area contributed by atoms with Crippen LogP contribution in [0.15, 0.2) is 0 Å². The minimum Gasteiger partial charge on any atom is -0.392 e. The van der Waals surface area contributed by atoms with Crippen LogP contribution >= 0.6 is 0 Å². The summed E-state index contributed by atoms with van der Waals surface area (Å²) in [6.07, 6.45) is 7.48. The van der Waals surface area contributed by atoms with Crippen LogP contribution in [0.4, 0.5) is 0 Å². The highest BCUT2D eigenvalue weighted by Crippen LogP contribution is 2.28. The molecule has 0 aromatic heterocycles. The third kappa shape index (κ3) is 6.72. The minimum absolute atomic E-state index is 0.123. The number of likely N-dealkylation sites (N-methyl/N-ethyl adjacent to an activating group) is 1. The van der Waals surface area contributed by atoms with E-state index in [1.807, 2.05) is 0 Å². The quantitative estimate of drug-likeness (QED) is 0.685. The van der Waals surface area contributed by atoms with Crippen LogP contribution in [-0.2, 0) is 0 Å². The summed E-state index contributed by atoms with van der Waals surface area (Å²) in [5.41, 5.74) is 0. The number of hydrogen-bond donors (Lipinski definition) is 1. The van der Waals surface area contributed by atoms with Crippen molar-refractivity contribution in [1.29, 1.82) is 0 Å². The molecule has 0 bridgehead atoms. The molecule has 0 heterocycles. The fraction of sp³-hybridized carbons (Fsp3) is 1.00. The highest BCUT2D eigenvalue weighted by atomic mass is 16.3. The van der Waals surface area contributed by atoms with E-state index in [1.54, 1.807) is 0 Å². The Balaban J connectivity index is 2.24. The Labute approximate surface area is 113 Å². The first-order valence-corrected chi connectivity index (χ1v) is 7.67. The molecule has 1 saturated carbocycles. The zero-order valence-corrected chi connectivity index (χ0v) is 12.6. The van der Waals surface area contributed by atoms with Gasteiger partial charge in [0.2, 0.25) is 0 Å². The van der Waals surface area contributed by atoms with Crippen molar-refractivity contribution in [3.05, 3.63) is 0 Å². The van der Waals surface area contributed by atoms with Crippen LogP contribution in [-0.4, -0.2) is 61.3 Å². The van der Waals surface area contributed by atoms with Gasteiger partial charge in [0.15, 0.2) is 0 Å². The lowest BCUT2D eigenvalue weighted by molar-refractivity contribution is 0.0878. The smallest absolute Gasteiger partial charge is 0.0669 e. The van der Waals surface area contributed by atoms with E-state index < -0.39 is 0 Å². The van der Waals surface area contributed by atoms with Crippen molar-refractivity contribution >= 4 is 0 Å². The van der Waals surface area contributed by atoms with Gasteiger partial charge >= 0.3 is 0 Å². The zero-order valence-electron chi connectivity index (χ0n) is 12.6. The van der Waals surface area contributed by atoms with Gasteiger partial charge in [-0.05, 0) is 39.4 Å². The molecule has 3 heteroatoms. The van der Waals surface area contributed by atoms with E-state index in [1.165, 1.54) is 32.1 Å². The first-order chi connectivity index (χ1) is 8.61. The van der Waals surface area contributed by atoms with Gasteiger partial charge in [0.25, 0.3) is 0 Å². The van der Waals surface area contributed by atoms with E-state index in [4.69, 9.17) is 0 Å². The van der Waals surface area contributed by atoms with Gasteiger partial charge in [-0.15, -0.1) is 0 Å². The summed E-state index contributed by atoms with van der Waals surface area (Å²) < 4.78 is 0. The third-order valence-electron chi connectivity index (χ3n) is 3.95. The molecule has 1 fully saturated rings. The molecule has 0 spiro atoms. The lowest BCUT2D eigenvalue weighted by Gasteiger charge is -2.27. The Kier molecular flexibility index (Phi) is 7.87. The average molecular weight is 256 g/mol. The van der Waals surface area contributed by atoms with Crippen LogP contribution in [0.1, 0.15) is 45.4 Å². The highest BCUT2D eigenvalue weighted by Gasteiger charge is 2.20. The monoisotopic (exact) mass is 256 g/mol. The van der Waals surface area contributed by atoms with Crippen molar-refractivity contribution in [1.82, 2.24) is 9.80 Å². The standard InChI is InChI=1S/C15H32N2O/c1-4-9-17(11-10-16(2)3)13-15(18)12-14-7-5-6-8-14/h14-15,18H,4-13H2,1-3H3. The molecule has 3 nitrogen and oxygen atoms in total. The molecular formula is C15H32N2O. The summed E-state index contributed by atoms with van der Waals surface area (Å²) in [7, 11) is 4.22. The third-order valence-corrected chi connectivity index (χ3v) is 3.95. The molecule has 1 rings (SSSR count). The van der Waals surface area contributed by atoms with Crippen molar-refractivity contribution in [3.63, 3.8) is 0 Å². The van der Waals surface area contributed by atoms with Crippen LogP contribution in [0.25, 0.3) is 0 Å². The summed E-state index contributed by atoms with van der Waals surface area (Å²) in [4.78, 5) is 4.63. The van der Waals surface area contributed by atoms with Crippen LogP contribution < -0.4 is 0 Å². The van der Waals surface area contributed by atoms with Gasteiger partial charge in [-0.2, -0.15) is 0 Å². The molecule has 0 amide bonds. The van der Waals surface area contributed by atoms with E-state index >= 15 is 0 Å². The van der Waals surface area contributed by atoms with Crippen molar-refractivity contribution in [2.24, 2.45) is 5.92 Å². The van der Waals surface area contributed by atoms with E-state index in [0.717, 1.165) is 38.5 Å².